The van der Waals surface area contributed by atoms with E-state index in [0.29, 0.717) is 6.04 Å². The number of ether oxygens (including phenoxy) is 1. The van der Waals surface area contributed by atoms with E-state index in [9.17, 15) is 0 Å². The summed E-state index contributed by atoms with van der Waals surface area (Å²) in [6, 6.07) is 6.54. The van der Waals surface area contributed by atoms with E-state index in [1.807, 2.05) is 25.3 Å². The normalized spacial score (nSPS) is 11.0. The number of H-pyrrole nitrogens is 1. The number of rotatable bonds is 5. The topological polar surface area (TPSA) is 49.9 Å². The third kappa shape index (κ3) is 3.35. The molecule has 2 rings (SSSR count). The summed E-state index contributed by atoms with van der Waals surface area (Å²) in [4.78, 5) is 7.76. The molecule has 0 saturated heterocycles. The summed E-state index contributed by atoms with van der Waals surface area (Å²) in [6.07, 6.45) is 1.88. The Kier molecular flexibility index (Phi) is 4.22. The lowest BCUT2D eigenvalue weighted by atomic mass is 10.1. The highest BCUT2D eigenvalue weighted by molar-refractivity contribution is 5.58. The van der Waals surface area contributed by atoms with Crippen LogP contribution in [0, 0.1) is 6.92 Å². The third-order valence-electron chi connectivity index (χ3n) is 3.00. The number of methoxy groups -OCH3 is 1. The Morgan fingerprint density at radius 3 is 2.79 bits per heavy atom. The van der Waals surface area contributed by atoms with E-state index in [4.69, 9.17) is 4.74 Å². The highest BCUT2D eigenvalue weighted by Crippen LogP contribution is 2.24. The minimum Gasteiger partial charge on any atom is -0.496 e. The Balaban J connectivity index is 2.16. The summed E-state index contributed by atoms with van der Waals surface area (Å²) >= 11 is 0. The van der Waals surface area contributed by atoms with Crippen molar-refractivity contribution < 1.29 is 4.74 Å². The van der Waals surface area contributed by atoms with Gasteiger partial charge >= 0.3 is 0 Å². The minimum absolute atomic E-state index is 0.468. The van der Waals surface area contributed by atoms with Crippen molar-refractivity contribution in [2.24, 2.45) is 0 Å². The lowest BCUT2D eigenvalue weighted by molar-refractivity contribution is 0.412. The maximum absolute atomic E-state index is 5.27. The van der Waals surface area contributed by atoms with Gasteiger partial charge < -0.3 is 15.0 Å². The van der Waals surface area contributed by atoms with Gasteiger partial charge in [-0.2, -0.15) is 0 Å². The van der Waals surface area contributed by atoms with Crippen molar-refractivity contribution >= 4 is 0 Å². The van der Waals surface area contributed by atoms with Gasteiger partial charge in [0, 0.05) is 30.0 Å². The molecule has 0 bridgehead atoms. The Morgan fingerprint density at radius 2 is 2.16 bits per heavy atom. The third-order valence-corrected chi connectivity index (χ3v) is 3.00. The Hall–Kier alpha value is -1.81. The second kappa shape index (κ2) is 5.89. The minimum atomic E-state index is 0.468. The van der Waals surface area contributed by atoms with Crippen molar-refractivity contribution in [2.45, 2.75) is 33.4 Å². The van der Waals surface area contributed by atoms with Crippen LogP contribution >= 0.6 is 0 Å². The summed E-state index contributed by atoms with van der Waals surface area (Å²) in [5.41, 5.74) is 3.28. The molecule has 4 heteroatoms. The summed E-state index contributed by atoms with van der Waals surface area (Å²) in [6.45, 7) is 7.10. The molecule has 4 nitrogen and oxygen atoms in total. The average Bonchev–Trinajstić information content (AvgIpc) is 2.85. The Labute approximate surface area is 114 Å². The second-order valence-electron chi connectivity index (χ2n) is 4.98. The Morgan fingerprint density at radius 1 is 1.37 bits per heavy atom. The summed E-state index contributed by atoms with van der Waals surface area (Å²) in [5, 5.41) is 3.36. The van der Waals surface area contributed by atoms with Crippen LogP contribution < -0.4 is 10.1 Å². The smallest absolute Gasteiger partial charge is 0.137 e. The molecule has 0 aliphatic heterocycles. The van der Waals surface area contributed by atoms with Crippen LogP contribution in [0.4, 0.5) is 0 Å². The maximum atomic E-state index is 5.27. The number of aromatic amines is 1. The largest absolute Gasteiger partial charge is 0.496 e. The average molecular weight is 259 g/mol. The number of imidazole rings is 1. The quantitative estimate of drug-likeness (QED) is 0.868. The van der Waals surface area contributed by atoms with E-state index in [2.05, 4.69) is 35.2 Å². The summed E-state index contributed by atoms with van der Waals surface area (Å²) in [7, 11) is 1.69. The molecule has 102 valence electrons. The molecule has 0 radical (unpaired) electrons. The van der Waals surface area contributed by atoms with Crippen LogP contribution in [0.25, 0.3) is 11.4 Å². The van der Waals surface area contributed by atoms with Crippen LogP contribution in [0.15, 0.2) is 24.4 Å². The molecule has 2 aromatic rings. The van der Waals surface area contributed by atoms with Crippen LogP contribution in [0.5, 0.6) is 5.75 Å². The first-order chi connectivity index (χ1) is 9.10. The second-order valence-corrected chi connectivity index (χ2v) is 4.98. The monoisotopic (exact) mass is 259 g/mol. The molecule has 1 aromatic carbocycles. The predicted molar refractivity (Wildman–Crippen MR) is 77.3 cm³/mol. The van der Waals surface area contributed by atoms with Gasteiger partial charge in [0.25, 0.3) is 0 Å². The molecule has 0 unspecified atom stereocenters. The number of aromatic nitrogens is 2. The van der Waals surface area contributed by atoms with E-state index >= 15 is 0 Å². The van der Waals surface area contributed by atoms with E-state index in [0.717, 1.165) is 34.9 Å². The lowest BCUT2D eigenvalue weighted by Crippen LogP contribution is -2.21. The molecule has 0 aliphatic carbocycles. The van der Waals surface area contributed by atoms with Gasteiger partial charge in [0.15, 0.2) is 0 Å². The van der Waals surface area contributed by atoms with Crippen molar-refractivity contribution in [3.63, 3.8) is 0 Å². The molecule has 2 N–H and O–H groups in total. The van der Waals surface area contributed by atoms with Gasteiger partial charge in [-0.05, 0) is 30.7 Å². The molecule has 0 fully saturated rings. The van der Waals surface area contributed by atoms with E-state index < -0.39 is 0 Å². The molecular weight excluding hydrogens is 238 g/mol. The first-order valence-corrected chi connectivity index (χ1v) is 6.52. The van der Waals surface area contributed by atoms with Crippen molar-refractivity contribution in [2.75, 3.05) is 7.11 Å². The zero-order chi connectivity index (χ0) is 13.8. The fourth-order valence-electron chi connectivity index (χ4n) is 1.94. The van der Waals surface area contributed by atoms with Gasteiger partial charge in [-0.1, -0.05) is 13.8 Å². The molecule has 0 saturated carbocycles. The van der Waals surface area contributed by atoms with Crippen LogP contribution in [0.3, 0.4) is 0 Å². The number of nitrogens with zero attached hydrogens (tertiary/aromatic N) is 1. The Bertz CT molecular complexity index is 546. The zero-order valence-electron chi connectivity index (χ0n) is 11.9. The summed E-state index contributed by atoms with van der Waals surface area (Å²) < 4.78 is 5.27. The predicted octanol–water partition coefficient (Wildman–Crippen LogP) is 2.89. The van der Waals surface area contributed by atoms with E-state index in [1.54, 1.807) is 7.11 Å². The fraction of sp³-hybridized carbons (Fsp3) is 0.400. The van der Waals surface area contributed by atoms with Crippen LogP contribution in [0.1, 0.15) is 25.1 Å². The SMILES string of the molecule is COc1ccc(-c2ncc(CNC(C)C)[nH]2)cc1C. The molecule has 19 heavy (non-hydrogen) atoms. The van der Waals surface area contributed by atoms with Gasteiger partial charge in [0.05, 0.1) is 7.11 Å². The van der Waals surface area contributed by atoms with Gasteiger partial charge in [-0.25, -0.2) is 4.98 Å². The van der Waals surface area contributed by atoms with Crippen molar-refractivity contribution in [3.8, 4) is 17.1 Å². The summed E-state index contributed by atoms with van der Waals surface area (Å²) in [5.74, 6) is 1.79. The van der Waals surface area contributed by atoms with Crippen LogP contribution in [-0.4, -0.2) is 23.1 Å². The van der Waals surface area contributed by atoms with Crippen LogP contribution in [0.2, 0.25) is 0 Å². The molecule has 0 spiro atoms. The lowest BCUT2D eigenvalue weighted by Gasteiger charge is -2.06. The number of hydrogen-bond acceptors (Lipinski definition) is 3. The maximum Gasteiger partial charge on any atom is 0.137 e. The molecule has 1 heterocycles. The van der Waals surface area contributed by atoms with E-state index in [-0.39, 0.29) is 0 Å². The number of nitrogens with one attached hydrogen (secondary N) is 2. The molecule has 1 aromatic heterocycles. The van der Waals surface area contributed by atoms with Crippen LogP contribution in [-0.2, 0) is 6.54 Å². The highest BCUT2D eigenvalue weighted by atomic mass is 16.5. The first kappa shape index (κ1) is 13.6. The van der Waals surface area contributed by atoms with Gasteiger partial charge in [0.2, 0.25) is 0 Å². The van der Waals surface area contributed by atoms with Gasteiger partial charge in [0.1, 0.15) is 11.6 Å². The number of aryl methyl sites for hydroxylation is 1. The molecule has 0 atom stereocenters. The highest BCUT2D eigenvalue weighted by Gasteiger charge is 2.06. The van der Waals surface area contributed by atoms with Gasteiger partial charge in [-0.15, -0.1) is 0 Å². The first-order valence-electron chi connectivity index (χ1n) is 6.52. The standard InChI is InChI=1S/C15H21N3O/c1-10(2)16-8-13-9-17-15(18-13)12-5-6-14(19-4)11(3)7-12/h5-7,9-10,16H,8H2,1-4H3,(H,17,18). The number of benzene rings is 1. The molecular formula is C15H21N3O. The molecule has 0 aliphatic rings. The van der Waals surface area contributed by atoms with Crippen molar-refractivity contribution in [3.05, 3.63) is 35.7 Å². The fourth-order valence-corrected chi connectivity index (χ4v) is 1.94. The van der Waals surface area contributed by atoms with Gasteiger partial charge in [-0.3, -0.25) is 0 Å². The zero-order valence-corrected chi connectivity index (χ0v) is 11.9. The van der Waals surface area contributed by atoms with Crippen molar-refractivity contribution in [1.29, 1.82) is 0 Å². The molecule has 0 amide bonds. The number of hydrogen-bond donors (Lipinski definition) is 2. The van der Waals surface area contributed by atoms with E-state index in [1.165, 1.54) is 0 Å². The van der Waals surface area contributed by atoms with Crippen molar-refractivity contribution in [1.82, 2.24) is 15.3 Å².